The van der Waals surface area contributed by atoms with Crippen molar-refractivity contribution in [3.8, 4) is 0 Å². The number of carbonyl (C=O) groups excluding carboxylic acids is 2. The van der Waals surface area contributed by atoms with Crippen molar-refractivity contribution in [2.75, 3.05) is 13.1 Å². The van der Waals surface area contributed by atoms with E-state index in [2.05, 4.69) is 24.4 Å². The number of rotatable bonds is 5. The molecule has 6 nitrogen and oxygen atoms in total. The standard InChI is InChI=1S/C19H24N4O2/c1-14(12-15-6-3-2-4-7-15)23-10-5-8-17(23)18(24)21-16-9-11-22(13-16)19(20)25/h2-8,10,14,16H,9,11-13H2,1H3,(H2,20,25)(H,21,24). The monoisotopic (exact) mass is 340 g/mol. The Kier molecular flexibility index (Phi) is 5.07. The first kappa shape index (κ1) is 17.1. The predicted molar refractivity (Wildman–Crippen MR) is 96.3 cm³/mol. The van der Waals surface area contributed by atoms with Crippen molar-refractivity contribution in [2.24, 2.45) is 5.73 Å². The number of urea groups is 1. The molecule has 0 spiro atoms. The van der Waals surface area contributed by atoms with E-state index in [0.717, 1.165) is 12.8 Å². The number of benzene rings is 1. The van der Waals surface area contributed by atoms with Crippen LogP contribution in [0.1, 0.15) is 35.4 Å². The number of nitrogens with one attached hydrogen (secondary N) is 1. The molecule has 0 radical (unpaired) electrons. The molecule has 2 unspecified atom stereocenters. The fraction of sp³-hybridized carbons (Fsp3) is 0.368. The fourth-order valence-corrected chi connectivity index (χ4v) is 3.36. The number of nitrogens with zero attached hydrogens (tertiary/aromatic N) is 2. The van der Waals surface area contributed by atoms with Gasteiger partial charge in [0.25, 0.3) is 5.91 Å². The van der Waals surface area contributed by atoms with Crippen LogP contribution in [0.3, 0.4) is 0 Å². The Balaban J connectivity index is 1.64. The van der Waals surface area contributed by atoms with Crippen LogP contribution in [0.2, 0.25) is 0 Å². The Morgan fingerprint density at radius 2 is 2.00 bits per heavy atom. The van der Waals surface area contributed by atoms with Gasteiger partial charge in [0.2, 0.25) is 0 Å². The summed E-state index contributed by atoms with van der Waals surface area (Å²) in [4.78, 5) is 25.4. The highest BCUT2D eigenvalue weighted by atomic mass is 16.2. The summed E-state index contributed by atoms with van der Waals surface area (Å²) in [5.41, 5.74) is 7.17. The summed E-state index contributed by atoms with van der Waals surface area (Å²) in [5.74, 6) is -0.110. The molecule has 2 heterocycles. The molecule has 1 aromatic heterocycles. The number of amides is 3. The molecule has 3 N–H and O–H groups in total. The van der Waals surface area contributed by atoms with Gasteiger partial charge in [-0.3, -0.25) is 4.79 Å². The zero-order valence-corrected chi connectivity index (χ0v) is 14.4. The normalized spacial score (nSPS) is 18.1. The minimum atomic E-state index is -0.434. The third-order valence-electron chi connectivity index (χ3n) is 4.70. The van der Waals surface area contributed by atoms with E-state index in [1.807, 2.05) is 41.1 Å². The molecule has 1 aliphatic rings. The van der Waals surface area contributed by atoms with Gasteiger partial charge in [-0.1, -0.05) is 30.3 Å². The minimum absolute atomic E-state index is 0.0484. The molecule has 2 aromatic rings. The Morgan fingerprint density at radius 1 is 1.24 bits per heavy atom. The van der Waals surface area contributed by atoms with Gasteiger partial charge in [0.1, 0.15) is 5.69 Å². The minimum Gasteiger partial charge on any atom is -0.351 e. The van der Waals surface area contributed by atoms with E-state index in [1.54, 1.807) is 4.90 Å². The van der Waals surface area contributed by atoms with Crippen molar-refractivity contribution in [3.05, 3.63) is 59.9 Å². The van der Waals surface area contributed by atoms with Crippen LogP contribution >= 0.6 is 0 Å². The first-order valence-corrected chi connectivity index (χ1v) is 8.60. The number of aromatic nitrogens is 1. The molecule has 0 saturated carbocycles. The Labute approximate surface area is 147 Å². The average molecular weight is 340 g/mol. The molecule has 0 aliphatic carbocycles. The van der Waals surface area contributed by atoms with E-state index in [4.69, 9.17) is 5.73 Å². The van der Waals surface area contributed by atoms with Crippen LogP contribution < -0.4 is 11.1 Å². The second-order valence-electron chi connectivity index (χ2n) is 6.58. The topological polar surface area (TPSA) is 80.4 Å². The molecule has 1 saturated heterocycles. The second kappa shape index (κ2) is 7.42. The van der Waals surface area contributed by atoms with Gasteiger partial charge >= 0.3 is 6.03 Å². The fourth-order valence-electron chi connectivity index (χ4n) is 3.36. The number of carbonyl (C=O) groups is 2. The first-order valence-electron chi connectivity index (χ1n) is 8.60. The van der Waals surface area contributed by atoms with Crippen molar-refractivity contribution in [1.82, 2.24) is 14.8 Å². The lowest BCUT2D eigenvalue weighted by atomic mass is 10.1. The molecule has 1 aliphatic heterocycles. The van der Waals surface area contributed by atoms with Crippen LogP contribution in [0.4, 0.5) is 4.79 Å². The highest BCUT2D eigenvalue weighted by Gasteiger charge is 2.27. The molecule has 1 fully saturated rings. The molecule has 25 heavy (non-hydrogen) atoms. The summed E-state index contributed by atoms with van der Waals surface area (Å²) in [7, 11) is 0. The lowest BCUT2D eigenvalue weighted by molar-refractivity contribution is 0.0926. The van der Waals surface area contributed by atoms with Crippen LogP contribution in [0.15, 0.2) is 48.7 Å². The zero-order valence-electron chi connectivity index (χ0n) is 14.4. The van der Waals surface area contributed by atoms with E-state index in [0.29, 0.717) is 18.8 Å². The maximum Gasteiger partial charge on any atom is 0.314 e. The molecule has 0 bridgehead atoms. The largest absolute Gasteiger partial charge is 0.351 e. The van der Waals surface area contributed by atoms with E-state index in [9.17, 15) is 9.59 Å². The number of primary amides is 1. The first-order chi connectivity index (χ1) is 12.0. The van der Waals surface area contributed by atoms with E-state index in [1.165, 1.54) is 5.56 Å². The summed E-state index contributed by atoms with van der Waals surface area (Å²) in [6, 6.07) is 13.6. The second-order valence-corrected chi connectivity index (χ2v) is 6.58. The molecule has 3 rings (SSSR count). The van der Waals surface area contributed by atoms with Gasteiger partial charge in [0.15, 0.2) is 0 Å². The van der Waals surface area contributed by atoms with Gasteiger partial charge in [-0.15, -0.1) is 0 Å². The number of hydrogen-bond donors (Lipinski definition) is 2. The van der Waals surface area contributed by atoms with Crippen molar-refractivity contribution < 1.29 is 9.59 Å². The van der Waals surface area contributed by atoms with Crippen molar-refractivity contribution in [2.45, 2.75) is 31.8 Å². The smallest absolute Gasteiger partial charge is 0.314 e. The quantitative estimate of drug-likeness (QED) is 0.875. The molecular formula is C19H24N4O2. The summed E-state index contributed by atoms with van der Waals surface area (Å²) in [6.45, 7) is 3.17. The summed E-state index contributed by atoms with van der Waals surface area (Å²) in [5, 5.41) is 3.02. The molecular weight excluding hydrogens is 316 g/mol. The van der Waals surface area contributed by atoms with Crippen LogP contribution in [-0.2, 0) is 6.42 Å². The molecule has 1 aromatic carbocycles. The lowest BCUT2D eigenvalue weighted by Gasteiger charge is -2.19. The van der Waals surface area contributed by atoms with Crippen LogP contribution in [0.5, 0.6) is 0 Å². The summed E-state index contributed by atoms with van der Waals surface area (Å²) >= 11 is 0. The SMILES string of the molecule is CC(Cc1ccccc1)n1cccc1C(=O)NC1CCN(C(N)=O)C1. The van der Waals surface area contributed by atoms with E-state index < -0.39 is 6.03 Å². The number of likely N-dealkylation sites (tertiary alicyclic amines) is 1. The van der Waals surface area contributed by atoms with Crippen molar-refractivity contribution in [1.29, 1.82) is 0 Å². The maximum absolute atomic E-state index is 12.6. The number of nitrogens with two attached hydrogens (primary N) is 1. The van der Waals surface area contributed by atoms with Gasteiger partial charge < -0.3 is 20.5 Å². The van der Waals surface area contributed by atoms with Crippen LogP contribution in [-0.4, -0.2) is 40.5 Å². The Bertz CT molecular complexity index is 741. The molecule has 2 atom stereocenters. The molecule has 6 heteroatoms. The van der Waals surface area contributed by atoms with Crippen LogP contribution in [0.25, 0.3) is 0 Å². The van der Waals surface area contributed by atoms with Gasteiger partial charge in [0.05, 0.1) is 0 Å². The predicted octanol–water partition coefficient (Wildman–Crippen LogP) is 2.17. The average Bonchev–Trinajstić information content (AvgIpc) is 3.25. The summed E-state index contributed by atoms with van der Waals surface area (Å²) < 4.78 is 2.00. The third-order valence-corrected chi connectivity index (χ3v) is 4.70. The Hall–Kier alpha value is -2.76. The van der Waals surface area contributed by atoms with Crippen molar-refractivity contribution >= 4 is 11.9 Å². The maximum atomic E-state index is 12.6. The van der Waals surface area contributed by atoms with E-state index >= 15 is 0 Å². The highest BCUT2D eigenvalue weighted by Crippen LogP contribution is 2.18. The highest BCUT2D eigenvalue weighted by molar-refractivity contribution is 5.93. The third kappa shape index (κ3) is 4.02. The summed E-state index contributed by atoms with van der Waals surface area (Å²) in [6.07, 6.45) is 3.52. The molecule has 3 amide bonds. The zero-order chi connectivity index (χ0) is 17.8. The molecule has 132 valence electrons. The lowest BCUT2D eigenvalue weighted by Crippen LogP contribution is -2.40. The van der Waals surface area contributed by atoms with E-state index in [-0.39, 0.29) is 18.0 Å². The van der Waals surface area contributed by atoms with Crippen molar-refractivity contribution in [3.63, 3.8) is 0 Å². The van der Waals surface area contributed by atoms with Gasteiger partial charge in [-0.2, -0.15) is 0 Å². The van der Waals surface area contributed by atoms with Gasteiger partial charge in [0, 0.05) is 31.4 Å². The van der Waals surface area contributed by atoms with Crippen LogP contribution in [0, 0.1) is 0 Å². The van der Waals surface area contributed by atoms with Gasteiger partial charge in [-0.05, 0) is 37.5 Å². The Morgan fingerprint density at radius 3 is 2.68 bits per heavy atom. The number of hydrogen-bond acceptors (Lipinski definition) is 2. The van der Waals surface area contributed by atoms with Gasteiger partial charge in [-0.25, -0.2) is 4.79 Å².